The molecule has 0 aliphatic carbocycles. The van der Waals surface area contributed by atoms with Gasteiger partial charge in [0.15, 0.2) is 18.2 Å². The van der Waals surface area contributed by atoms with Gasteiger partial charge in [0.25, 0.3) is 5.91 Å². The fraction of sp³-hybridized carbons (Fsp3) is 0.200. The number of rotatable bonds is 1. The summed E-state index contributed by atoms with van der Waals surface area (Å²) in [5, 5.41) is 0. The monoisotopic (exact) mass is 254 g/mol. The van der Waals surface area contributed by atoms with Crippen LogP contribution in [0.5, 0.6) is 5.75 Å². The lowest BCUT2D eigenvalue weighted by Crippen LogP contribution is -2.36. The van der Waals surface area contributed by atoms with Crippen LogP contribution in [0.2, 0.25) is 0 Å². The Labute approximate surface area is 111 Å². The quantitative estimate of drug-likeness (QED) is 0.785. The Kier molecular flexibility index (Phi) is 2.71. The van der Waals surface area contributed by atoms with E-state index in [9.17, 15) is 4.79 Å². The summed E-state index contributed by atoms with van der Waals surface area (Å²) in [5.74, 6) is 1.12. The number of nitrogens with zero attached hydrogens (tertiary/aromatic N) is 2. The number of ether oxygens (including phenoxy) is 1. The molecule has 1 aliphatic rings. The second kappa shape index (κ2) is 4.39. The number of carbonyl (C=O) groups is 1. The molecule has 1 aromatic heterocycles. The minimum absolute atomic E-state index is 0.0477. The van der Waals surface area contributed by atoms with E-state index in [1.54, 1.807) is 4.90 Å². The number of aryl methyl sites for hydroxylation is 2. The van der Waals surface area contributed by atoms with Gasteiger partial charge in [0.05, 0.1) is 5.69 Å². The van der Waals surface area contributed by atoms with Crippen LogP contribution in [0, 0.1) is 13.8 Å². The first-order valence-electron chi connectivity index (χ1n) is 6.16. The van der Waals surface area contributed by atoms with Crippen LogP contribution in [-0.4, -0.2) is 17.5 Å². The van der Waals surface area contributed by atoms with E-state index in [4.69, 9.17) is 4.74 Å². The van der Waals surface area contributed by atoms with Crippen LogP contribution in [0.25, 0.3) is 0 Å². The minimum atomic E-state index is -0.0973. The Hall–Kier alpha value is -2.36. The summed E-state index contributed by atoms with van der Waals surface area (Å²) < 4.78 is 5.43. The standard InChI is InChI=1S/C15H14N2O2/c1-10-5-3-4-6-12(10)17-14(18)9-19-13-8-7-11(2)16-15(13)17/h3-8H,9H2,1-2H3. The number of fused-ring (bicyclic) bond motifs is 1. The molecule has 4 heteroatoms. The number of anilines is 2. The smallest absolute Gasteiger partial charge is 0.270 e. The average Bonchev–Trinajstić information content (AvgIpc) is 2.40. The first-order valence-corrected chi connectivity index (χ1v) is 6.16. The lowest BCUT2D eigenvalue weighted by Gasteiger charge is -2.29. The molecule has 4 nitrogen and oxygen atoms in total. The number of carbonyl (C=O) groups excluding carboxylic acids is 1. The van der Waals surface area contributed by atoms with Gasteiger partial charge >= 0.3 is 0 Å². The molecular weight excluding hydrogens is 240 g/mol. The molecular formula is C15H14N2O2. The third-order valence-electron chi connectivity index (χ3n) is 3.15. The fourth-order valence-electron chi connectivity index (χ4n) is 2.19. The highest BCUT2D eigenvalue weighted by Crippen LogP contribution is 2.36. The lowest BCUT2D eigenvalue weighted by molar-refractivity contribution is -0.120. The Morgan fingerprint density at radius 2 is 1.95 bits per heavy atom. The SMILES string of the molecule is Cc1ccc2c(n1)N(c1ccccc1C)C(=O)CO2. The lowest BCUT2D eigenvalue weighted by atomic mass is 10.1. The zero-order valence-corrected chi connectivity index (χ0v) is 10.9. The summed E-state index contributed by atoms with van der Waals surface area (Å²) in [4.78, 5) is 18.3. The molecule has 3 rings (SSSR count). The zero-order valence-electron chi connectivity index (χ0n) is 10.9. The van der Waals surface area contributed by atoms with E-state index < -0.39 is 0 Å². The fourth-order valence-corrected chi connectivity index (χ4v) is 2.19. The van der Waals surface area contributed by atoms with Gasteiger partial charge < -0.3 is 4.74 Å². The molecule has 1 aromatic carbocycles. The summed E-state index contributed by atoms with van der Waals surface area (Å²) in [6.45, 7) is 3.93. The Bertz CT molecular complexity index is 652. The van der Waals surface area contributed by atoms with Gasteiger partial charge in [0.2, 0.25) is 0 Å². The van der Waals surface area contributed by atoms with Crippen LogP contribution in [0.15, 0.2) is 36.4 Å². The summed E-state index contributed by atoms with van der Waals surface area (Å²) in [5.41, 5.74) is 2.75. The molecule has 2 heterocycles. The highest BCUT2D eigenvalue weighted by atomic mass is 16.5. The molecule has 0 atom stereocenters. The topological polar surface area (TPSA) is 42.4 Å². The van der Waals surface area contributed by atoms with Crippen molar-refractivity contribution in [3.8, 4) is 5.75 Å². The maximum atomic E-state index is 12.2. The van der Waals surface area contributed by atoms with Crippen LogP contribution < -0.4 is 9.64 Å². The average molecular weight is 254 g/mol. The third-order valence-corrected chi connectivity index (χ3v) is 3.15. The number of hydrogen-bond acceptors (Lipinski definition) is 3. The first kappa shape index (κ1) is 11.7. The number of para-hydroxylation sites is 1. The highest BCUT2D eigenvalue weighted by Gasteiger charge is 2.29. The second-order valence-corrected chi connectivity index (χ2v) is 4.58. The number of pyridine rings is 1. The van der Waals surface area contributed by atoms with Crippen molar-refractivity contribution in [3.63, 3.8) is 0 Å². The van der Waals surface area contributed by atoms with Gasteiger partial charge in [-0.25, -0.2) is 4.98 Å². The van der Waals surface area contributed by atoms with E-state index in [-0.39, 0.29) is 12.5 Å². The zero-order chi connectivity index (χ0) is 13.4. The van der Waals surface area contributed by atoms with Crippen LogP contribution in [0.3, 0.4) is 0 Å². The van der Waals surface area contributed by atoms with Crippen molar-refractivity contribution < 1.29 is 9.53 Å². The van der Waals surface area contributed by atoms with Gasteiger partial charge in [0.1, 0.15) is 0 Å². The summed E-state index contributed by atoms with van der Waals surface area (Å²) >= 11 is 0. The molecule has 1 aliphatic heterocycles. The van der Waals surface area contributed by atoms with Gasteiger partial charge in [-0.3, -0.25) is 9.69 Å². The van der Waals surface area contributed by atoms with Gasteiger partial charge in [-0.2, -0.15) is 0 Å². The number of benzene rings is 1. The molecule has 96 valence electrons. The molecule has 0 saturated carbocycles. The maximum Gasteiger partial charge on any atom is 0.270 e. The predicted octanol–water partition coefficient (Wildman–Crippen LogP) is 2.76. The Balaban J connectivity index is 2.19. The predicted molar refractivity (Wildman–Crippen MR) is 72.8 cm³/mol. The number of amides is 1. The van der Waals surface area contributed by atoms with Crippen molar-refractivity contribution in [1.82, 2.24) is 4.98 Å². The molecule has 0 saturated heterocycles. The van der Waals surface area contributed by atoms with E-state index in [0.717, 1.165) is 16.9 Å². The summed E-state index contributed by atoms with van der Waals surface area (Å²) in [7, 11) is 0. The van der Waals surface area contributed by atoms with Gasteiger partial charge in [0, 0.05) is 5.69 Å². The van der Waals surface area contributed by atoms with Crippen molar-refractivity contribution >= 4 is 17.4 Å². The second-order valence-electron chi connectivity index (χ2n) is 4.58. The molecule has 0 fully saturated rings. The van der Waals surface area contributed by atoms with Crippen molar-refractivity contribution in [1.29, 1.82) is 0 Å². The van der Waals surface area contributed by atoms with Gasteiger partial charge in [-0.15, -0.1) is 0 Å². The Morgan fingerprint density at radius 1 is 1.16 bits per heavy atom. The Morgan fingerprint density at radius 3 is 2.74 bits per heavy atom. The number of hydrogen-bond donors (Lipinski definition) is 0. The van der Waals surface area contributed by atoms with Gasteiger partial charge in [-0.05, 0) is 37.6 Å². The minimum Gasteiger partial charge on any atom is -0.480 e. The molecule has 0 bridgehead atoms. The first-order chi connectivity index (χ1) is 9.16. The molecule has 0 radical (unpaired) electrons. The highest BCUT2D eigenvalue weighted by molar-refractivity contribution is 6.03. The van der Waals surface area contributed by atoms with E-state index in [1.165, 1.54) is 0 Å². The molecule has 2 aromatic rings. The van der Waals surface area contributed by atoms with Crippen LogP contribution in [-0.2, 0) is 4.79 Å². The largest absolute Gasteiger partial charge is 0.480 e. The normalized spacial score (nSPS) is 14.0. The summed E-state index contributed by atoms with van der Waals surface area (Å²) in [6.07, 6.45) is 0. The van der Waals surface area contributed by atoms with Crippen LogP contribution >= 0.6 is 0 Å². The summed E-state index contributed by atoms with van der Waals surface area (Å²) in [6, 6.07) is 11.5. The number of aromatic nitrogens is 1. The van der Waals surface area contributed by atoms with E-state index in [1.807, 2.05) is 50.2 Å². The van der Waals surface area contributed by atoms with Crippen LogP contribution in [0.4, 0.5) is 11.5 Å². The van der Waals surface area contributed by atoms with E-state index in [0.29, 0.717) is 11.6 Å². The maximum absolute atomic E-state index is 12.2. The van der Waals surface area contributed by atoms with Crippen molar-refractivity contribution in [3.05, 3.63) is 47.7 Å². The third kappa shape index (κ3) is 1.95. The molecule has 0 unspecified atom stereocenters. The van der Waals surface area contributed by atoms with E-state index in [2.05, 4.69) is 4.98 Å². The van der Waals surface area contributed by atoms with Crippen molar-refractivity contribution in [2.45, 2.75) is 13.8 Å². The van der Waals surface area contributed by atoms with Crippen LogP contribution in [0.1, 0.15) is 11.3 Å². The van der Waals surface area contributed by atoms with E-state index >= 15 is 0 Å². The molecule has 19 heavy (non-hydrogen) atoms. The molecule has 0 spiro atoms. The van der Waals surface area contributed by atoms with Gasteiger partial charge in [-0.1, -0.05) is 18.2 Å². The molecule has 0 N–H and O–H groups in total. The van der Waals surface area contributed by atoms with Crippen molar-refractivity contribution in [2.75, 3.05) is 11.5 Å². The van der Waals surface area contributed by atoms with Crippen molar-refractivity contribution in [2.24, 2.45) is 0 Å². The molecule has 1 amide bonds.